The van der Waals surface area contributed by atoms with Gasteiger partial charge in [-0.1, -0.05) is 25.1 Å². The second kappa shape index (κ2) is 7.78. The highest BCUT2D eigenvalue weighted by Gasteiger charge is 2.31. The molecule has 3 heterocycles. The summed E-state index contributed by atoms with van der Waals surface area (Å²) < 4.78 is 39.3. The molecule has 1 aliphatic heterocycles. The highest BCUT2D eigenvalue weighted by Crippen LogP contribution is 2.37. The van der Waals surface area contributed by atoms with Crippen LogP contribution in [-0.4, -0.2) is 22.5 Å². The van der Waals surface area contributed by atoms with Crippen LogP contribution in [0.4, 0.5) is 29.5 Å². The number of fused-ring (bicyclic) bond motifs is 1. The zero-order chi connectivity index (χ0) is 21.3. The summed E-state index contributed by atoms with van der Waals surface area (Å²) in [5, 5.41) is 2.81. The molecule has 154 valence electrons. The molecule has 3 aromatic rings. The number of urea groups is 1. The Labute approximate surface area is 171 Å². The maximum atomic E-state index is 13.1. The number of hydrogen-bond donors (Lipinski definition) is 1. The largest absolute Gasteiger partial charge is 0.416 e. The van der Waals surface area contributed by atoms with Crippen molar-refractivity contribution in [3.8, 4) is 11.3 Å². The van der Waals surface area contributed by atoms with E-state index in [2.05, 4.69) is 15.3 Å². The van der Waals surface area contributed by atoms with Crippen molar-refractivity contribution in [2.75, 3.05) is 16.8 Å². The number of benzene rings is 1. The SMILES string of the molecule is CC1CCN(C(=O)Nc2ccncc2)c2nc(-c3cccc(C(F)(F)F)c3)ccc21. The van der Waals surface area contributed by atoms with E-state index in [4.69, 9.17) is 0 Å². The summed E-state index contributed by atoms with van der Waals surface area (Å²) in [4.78, 5) is 22.9. The Morgan fingerprint density at radius 2 is 1.90 bits per heavy atom. The number of rotatable bonds is 2. The van der Waals surface area contributed by atoms with Crippen molar-refractivity contribution in [3.05, 3.63) is 72.1 Å². The molecule has 0 fully saturated rings. The lowest BCUT2D eigenvalue weighted by Crippen LogP contribution is -2.40. The number of amides is 2. The van der Waals surface area contributed by atoms with Crippen LogP contribution in [0.5, 0.6) is 0 Å². The summed E-state index contributed by atoms with van der Waals surface area (Å²) in [6, 6.07) is 11.6. The molecule has 2 amide bonds. The number of pyridine rings is 2. The van der Waals surface area contributed by atoms with Crippen molar-refractivity contribution in [1.82, 2.24) is 9.97 Å². The van der Waals surface area contributed by atoms with Crippen molar-refractivity contribution in [2.45, 2.75) is 25.4 Å². The first-order valence-electron chi connectivity index (χ1n) is 9.50. The van der Waals surface area contributed by atoms with Crippen LogP contribution in [0.2, 0.25) is 0 Å². The van der Waals surface area contributed by atoms with Gasteiger partial charge in [0.05, 0.1) is 11.3 Å². The predicted octanol–water partition coefficient (Wildman–Crippen LogP) is 5.71. The Hall–Kier alpha value is -3.42. The van der Waals surface area contributed by atoms with Gasteiger partial charge in [-0.05, 0) is 48.2 Å². The van der Waals surface area contributed by atoms with Gasteiger partial charge < -0.3 is 5.32 Å². The van der Waals surface area contributed by atoms with Crippen LogP contribution < -0.4 is 10.2 Å². The van der Waals surface area contributed by atoms with Gasteiger partial charge in [0.2, 0.25) is 0 Å². The third-order valence-corrected chi connectivity index (χ3v) is 5.14. The molecular weight excluding hydrogens is 393 g/mol. The fourth-order valence-corrected chi connectivity index (χ4v) is 3.48. The van der Waals surface area contributed by atoms with Gasteiger partial charge in [0.15, 0.2) is 0 Å². The molecule has 0 saturated carbocycles. The van der Waals surface area contributed by atoms with Gasteiger partial charge in [0.1, 0.15) is 5.82 Å². The molecule has 5 nitrogen and oxygen atoms in total. The van der Waals surface area contributed by atoms with Gasteiger partial charge in [-0.15, -0.1) is 0 Å². The minimum absolute atomic E-state index is 0.188. The summed E-state index contributed by atoms with van der Waals surface area (Å²) >= 11 is 0. The van der Waals surface area contributed by atoms with E-state index in [0.29, 0.717) is 29.3 Å². The molecule has 1 N–H and O–H groups in total. The van der Waals surface area contributed by atoms with Gasteiger partial charge in [0, 0.05) is 30.2 Å². The molecule has 0 bridgehead atoms. The number of nitrogens with one attached hydrogen (secondary N) is 1. The monoisotopic (exact) mass is 412 g/mol. The highest BCUT2D eigenvalue weighted by molar-refractivity contribution is 6.02. The number of nitrogens with zero attached hydrogens (tertiary/aromatic N) is 3. The third-order valence-electron chi connectivity index (χ3n) is 5.14. The number of aromatic nitrogens is 2. The van der Waals surface area contributed by atoms with E-state index < -0.39 is 11.7 Å². The van der Waals surface area contributed by atoms with Crippen LogP contribution >= 0.6 is 0 Å². The van der Waals surface area contributed by atoms with Gasteiger partial charge in [-0.3, -0.25) is 9.88 Å². The number of carbonyl (C=O) groups is 1. The first kappa shape index (κ1) is 19.9. The fourth-order valence-electron chi connectivity index (χ4n) is 3.48. The molecule has 30 heavy (non-hydrogen) atoms. The van der Waals surface area contributed by atoms with Crippen LogP contribution in [0, 0.1) is 0 Å². The molecule has 1 unspecified atom stereocenters. The Morgan fingerprint density at radius 3 is 2.63 bits per heavy atom. The first-order valence-corrected chi connectivity index (χ1v) is 9.50. The zero-order valence-corrected chi connectivity index (χ0v) is 16.1. The van der Waals surface area contributed by atoms with Crippen LogP contribution in [0.25, 0.3) is 11.3 Å². The molecular formula is C22H19F3N4O. The topological polar surface area (TPSA) is 58.1 Å². The average Bonchev–Trinajstić information content (AvgIpc) is 2.74. The van der Waals surface area contributed by atoms with Crippen molar-refractivity contribution in [2.24, 2.45) is 0 Å². The molecule has 0 radical (unpaired) electrons. The minimum atomic E-state index is -4.44. The van der Waals surface area contributed by atoms with Gasteiger partial charge >= 0.3 is 12.2 Å². The van der Waals surface area contributed by atoms with E-state index in [0.717, 1.165) is 24.1 Å². The number of halogens is 3. The lowest BCUT2D eigenvalue weighted by Gasteiger charge is -2.32. The fraction of sp³-hybridized carbons (Fsp3) is 0.227. The zero-order valence-electron chi connectivity index (χ0n) is 16.1. The van der Waals surface area contributed by atoms with E-state index in [-0.39, 0.29) is 11.9 Å². The molecule has 0 spiro atoms. The summed E-state index contributed by atoms with van der Waals surface area (Å²) in [7, 11) is 0. The smallest absolute Gasteiger partial charge is 0.307 e. The maximum Gasteiger partial charge on any atom is 0.416 e. The minimum Gasteiger partial charge on any atom is -0.307 e. The molecule has 1 aliphatic rings. The van der Waals surface area contributed by atoms with Crippen LogP contribution in [0.3, 0.4) is 0 Å². The third kappa shape index (κ3) is 3.98. The predicted molar refractivity (Wildman–Crippen MR) is 108 cm³/mol. The van der Waals surface area contributed by atoms with E-state index in [1.54, 1.807) is 36.7 Å². The van der Waals surface area contributed by atoms with E-state index in [9.17, 15) is 18.0 Å². The maximum absolute atomic E-state index is 13.1. The van der Waals surface area contributed by atoms with E-state index in [1.807, 2.05) is 13.0 Å². The second-order valence-electron chi connectivity index (χ2n) is 7.20. The lowest BCUT2D eigenvalue weighted by molar-refractivity contribution is -0.137. The first-order chi connectivity index (χ1) is 14.3. The molecule has 8 heteroatoms. The Bertz CT molecular complexity index is 1070. The summed E-state index contributed by atoms with van der Waals surface area (Å²) in [5.41, 5.74) is 1.49. The van der Waals surface area contributed by atoms with Crippen molar-refractivity contribution in [3.63, 3.8) is 0 Å². The molecule has 0 aliphatic carbocycles. The standard InChI is InChI=1S/C22H19F3N4O/c1-14-9-12-29(21(30)27-17-7-10-26-11-8-17)20-18(14)5-6-19(28-20)15-3-2-4-16(13-15)22(23,24)25/h2-8,10-11,13-14H,9,12H2,1H3,(H,26,27,30). The van der Waals surface area contributed by atoms with Crippen LogP contribution in [0.15, 0.2) is 60.9 Å². The molecule has 1 aromatic carbocycles. The Morgan fingerprint density at radius 1 is 1.13 bits per heavy atom. The van der Waals surface area contributed by atoms with E-state index in [1.165, 1.54) is 11.0 Å². The van der Waals surface area contributed by atoms with Crippen LogP contribution in [0.1, 0.15) is 30.4 Å². The normalized spacial score (nSPS) is 16.1. The summed E-state index contributed by atoms with van der Waals surface area (Å²) in [5.74, 6) is 0.656. The Balaban J connectivity index is 1.70. The van der Waals surface area contributed by atoms with Gasteiger partial charge in [-0.25, -0.2) is 9.78 Å². The lowest BCUT2D eigenvalue weighted by atomic mass is 9.93. The number of alkyl halides is 3. The number of hydrogen-bond acceptors (Lipinski definition) is 3. The van der Waals surface area contributed by atoms with E-state index >= 15 is 0 Å². The second-order valence-corrected chi connectivity index (χ2v) is 7.20. The summed E-state index contributed by atoms with van der Waals surface area (Å²) in [6.07, 6.45) is -0.520. The van der Waals surface area contributed by atoms with Crippen LogP contribution in [-0.2, 0) is 6.18 Å². The van der Waals surface area contributed by atoms with Crippen molar-refractivity contribution >= 4 is 17.5 Å². The molecule has 0 saturated heterocycles. The average molecular weight is 412 g/mol. The number of anilines is 2. The molecule has 2 aromatic heterocycles. The van der Waals surface area contributed by atoms with Gasteiger partial charge in [0.25, 0.3) is 0 Å². The quantitative estimate of drug-likeness (QED) is 0.587. The van der Waals surface area contributed by atoms with Crippen molar-refractivity contribution in [1.29, 1.82) is 0 Å². The van der Waals surface area contributed by atoms with Gasteiger partial charge in [-0.2, -0.15) is 13.2 Å². The summed E-state index contributed by atoms with van der Waals surface area (Å²) in [6.45, 7) is 2.51. The Kier molecular flexibility index (Phi) is 5.15. The number of carbonyl (C=O) groups excluding carboxylic acids is 1. The molecule has 1 atom stereocenters. The highest BCUT2D eigenvalue weighted by atomic mass is 19.4. The van der Waals surface area contributed by atoms with Crippen molar-refractivity contribution < 1.29 is 18.0 Å². The molecule has 4 rings (SSSR count).